The van der Waals surface area contributed by atoms with E-state index in [1.165, 1.54) is 22.9 Å². The summed E-state index contributed by atoms with van der Waals surface area (Å²) in [4.78, 5) is 5.12. The predicted molar refractivity (Wildman–Crippen MR) is 79.8 cm³/mol. The first kappa shape index (κ1) is 12.5. The first-order chi connectivity index (χ1) is 9.31. The van der Waals surface area contributed by atoms with Gasteiger partial charge in [-0.05, 0) is 23.7 Å². The van der Waals surface area contributed by atoms with Gasteiger partial charge in [0, 0.05) is 27.7 Å². The van der Waals surface area contributed by atoms with Gasteiger partial charge >= 0.3 is 0 Å². The second-order valence-corrected chi connectivity index (χ2v) is 6.11. The zero-order valence-electron chi connectivity index (χ0n) is 9.71. The monoisotopic (exact) mass is 308 g/mol. The molecule has 0 fully saturated rings. The van der Waals surface area contributed by atoms with Crippen molar-refractivity contribution in [3.63, 3.8) is 0 Å². The first-order valence-corrected chi connectivity index (χ1v) is 7.56. The van der Waals surface area contributed by atoms with Gasteiger partial charge in [-0.15, -0.1) is 16.4 Å². The minimum atomic E-state index is 0.572. The lowest BCUT2D eigenvalue weighted by atomic mass is 10.1. The molecule has 0 aliphatic rings. The van der Waals surface area contributed by atoms with E-state index in [2.05, 4.69) is 19.9 Å². The summed E-state index contributed by atoms with van der Waals surface area (Å²) in [5.41, 5.74) is 3.03. The highest BCUT2D eigenvalue weighted by Crippen LogP contribution is 2.22. The topological polar surface area (TPSA) is 50.7 Å². The molecule has 0 saturated heterocycles. The second kappa shape index (κ2) is 5.64. The van der Waals surface area contributed by atoms with Crippen LogP contribution in [0.25, 0.3) is 11.3 Å². The van der Waals surface area contributed by atoms with Crippen LogP contribution in [0.3, 0.4) is 0 Å². The average molecular weight is 309 g/mol. The molecule has 0 aliphatic carbocycles. The summed E-state index contributed by atoms with van der Waals surface area (Å²) in [6.07, 6.45) is 1.79. The molecular weight excluding hydrogens is 300 g/mol. The van der Waals surface area contributed by atoms with Crippen LogP contribution >= 0.6 is 34.5 Å². The standard InChI is InChI=1S/C12H9ClN4S2/c13-12-15-6-10(19-12)5-14-9-3-1-8(2-4-9)11-7-18-17-16-11/h1-4,6-7,14H,5H2. The fraction of sp³-hybridized carbons (Fsp3) is 0.0833. The molecule has 19 heavy (non-hydrogen) atoms. The third-order valence-electron chi connectivity index (χ3n) is 2.53. The Bertz CT molecular complexity index is 649. The van der Waals surface area contributed by atoms with E-state index in [4.69, 9.17) is 11.6 Å². The van der Waals surface area contributed by atoms with Crippen molar-refractivity contribution in [2.24, 2.45) is 0 Å². The van der Waals surface area contributed by atoms with Gasteiger partial charge in [-0.25, -0.2) is 4.98 Å². The van der Waals surface area contributed by atoms with Gasteiger partial charge in [-0.3, -0.25) is 0 Å². The third kappa shape index (κ3) is 3.09. The summed E-state index contributed by atoms with van der Waals surface area (Å²) in [5, 5.41) is 9.30. The van der Waals surface area contributed by atoms with Crippen LogP contribution in [0.5, 0.6) is 0 Å². The summed E-state index contributed by atoms with van der Waals surface area (Å²) in [6.45, 7) is 0.724. The summed E-state index contributed by atoms with van der Waals surface area (Å²) < 4.78 is 4.43. The Hall–Kier alpha value is -1.50. The van der Waals surface area contributed by atoms with Crippen LogP contribution in [0.4, 0.5) is 5.69 Å². The van der Waals surface area contributed by atoms with Crippen LogP contribution in [0.15, 0.2) is 35.8 Å². The third-order valence-corrected chi connectivity index (χ3v) is 4.15. The molecule has 0 unspecified atom stereocenters. The molecule has 0 bridgehead atoms. The zero-order valence-corrected chi connectivity index (χ0v) is 12.1. The molecule has 0 atom stereocenters. The molecule has 7 heteroatoms. The maximum atomic E-state index is 5.79. The molecule has 2 aromatic heterocycles. The lowest BCUT2D eigenvalue weighted by Crippen LogP contribution is -1.96. The van der Waals surface area contributed by atoms with Gasteiger partial charge in [0.2, 0.25) is 0 Å². The highest BCUT2D eigenvalue weighted by atomic mass is 35.5. The number of nitrogens with zero attached hydrogens (tertiary/aromatic N) is 3. The van der Waals surface area contributed by atoms with Crippen molar-refractivity contribution in [3.05, 3.63) is 45.2 Å². The van der Waals surface area contributed by atoms with E-state index in [1.807, 2.05) is 29.6 Å². The number of nitrogens with one attached hydrogen (secondary N) is 1. The molecule has 0 radical (unpaired) electrons. The number of thiazole rings is 1. The lowest BCUT2D eigenvalue weighted by molar-refractivity contribution is 1.16. The molecule has 3 aromatic rings. The molecule has 4 nitrogen and oxygen atoms in total. The van der Waals surface area contributed by atoms with Gasteiger partial charge in [-0.2, -0.15) is 0 Å². The fourth-order valence-electron chi connectivity index (χ4n) is 1.60. The zero-order chi connectivity index (χ0) is 13.1. The highest BCUT2D eigenvalue weighted by molar-refractivity contribution is 7.15. The van der Waals surface area contributed by atoms with Crippen molar-refractivity contribution >= 4 is 40.2 Å². The average Bonchev–Trinajstić information content (AvgIpc) is 3.08. The van der Waals surface area contributed by atoms with Crippen LogP contribution < -0.4 is 5.32 Å². The summed E-state index contributed by atoms with van der Waals surface area (Å²) >= 11 is 8.62. The van der Waals surface area contributed by atoms with E-state index < -0.39 is 0 Å². The summed E-state index contributed by atoms with van der Waals surface area (Å²) in [5.74, 6) is 0. The van der Waals surface area contributed by atoms with Crippen molar-refractivity contribution in [2.75, 3.05) is 5.32 Å². The quantitative estimate of drug-likeness (QED) is 0.793. The second-order valence-electron chi connectivity index (χ2n) is 3.80. The first-order valence-electron chi connectivity index (χ1n) is 5.53. The summed E-state index contributed by atoms with van der Waals surface area (Å²) in [7, 11) is 0. The number of anilines is 1. The van der Waals surface area contributed by atoms with Crippen molar-refractivity contribution in [1.82, 2.24) is 14.6 Å². The number of aromatic nitrogens is 3. The summed E-state index contributed by atoms with van der Waals surface area (Å²) in [6, 6.07) is 8.10. The van der Waals surface area contributed by atoms with Crippen molar-refractivity contribution in [2.45, 2.75) is 6.54 Å². The molecule has 0 spiro atoms. The van der Waals surface area contributed by atoms with Gasteiger partial charge in [0.15, 0.2) is 4.47 Å². The lowest BCUT2D eigenvalue weighted by Gasteiger charge is -2.05. The molecule has 3 rings (SSSR count). The maximum absolute atomic E-state index is 5.79. The van der Waals surface area contributed by atoms with Crippen LogP contribution in [-0.4, -0.2) is 14.6 Å². The Balaban J connectivity index is 1.66. The predicted octanol–water partition coefficient (Wildman–Crippen LogP) is 3.93. The van der Waals surface area contributed by atoms with Crippen LogP contribution in [0.2, 0.25) is 4.47 Å². The smallest absolute Gasteiger partial charge is 0.183 e. The Morgan fingerprint density at radius 1 is 1.21 bits per heavy atom. The van der Waals surface area contributed by atoms with Crippen molar-refractivity contribution in [3.8, 4) is 11.3 Å². The van der Waals surface area contributed by atoms with E-state index in [0.29, 0.717) is 4.47 Å². The SMILES string of the molecule is Clc1ncc(CNc2ccc(-c3csnn3)cc2)s1. The molecule has 1 N–H and O–H groups in total. The van der Waals surface area contributed by atoms with Gasteiger partial charge in [0.1, 0.15) is 5.69 Å². The molecule has 96 valence electrons. The number of hydrogen-bond donors (Lipinski definition) is 1. The minimum Gasteiger partial charge on any atom is -0.380 e. The molecule has 0 saturated carbocycles. The van der Waals surface area contributed by atoms with Crippen LogP contribution in [0.1, 0.15) is 4.88 Å². The van der Waals surface area contributed by atoms with Gasteiger partial charge in [0.25, 0.3) is 0 Å². The normalized spacial score (nSPS) is 10.6. The number of halogens is 1. The van der Waals surface area contributed by atoms with Crippen molar-refractivity contribution < 1.29 is 0 Å². The number of hydrogen-bond acceptors (Lipinski definition) is 6. The van der Waals surface area contributed by atoms with Crippen LogP contribution in [0, 0.1) is 0 Å². The Labute approximate surface area is 123 Å². The van der Waals surface area contributed by atoms with Crippen LogP contribution in [-0.2, 0) is 6.54 Å². The van der Waals surface area contributed by atoms with Gasteiger partial charge in [-0.1, -0.05) is 28.2 Å². The molecule has 1 aromatic carbocycles. The molecule has 0 amide bonds. The van der Waals surface area contributed by atoms with E-state index in [0.717, 1.165) is 28.4 Å². The maximum Gasteiger partial charge on any atom is 0.183 e. The van der Waals surface area contributed by atoms with E-state index in [1.54, 1.807) is 6.20 Å². The Morgan fingerprint density at radius 3 is 2.68 bits per heavy atom. The fourth-order valence-corrected chi connectivity index (χ4v) is 2.99. The molecular formula is C12H9ClN4S2. The largest absolute Gasteiger partial charge is 0.380 e. The van der Waals surface area contributed by atoms with E-state index in [-0.39, 0.29) is 0 Å². The Morgan fingerprint density at radius 2 is 2.05 bits per heavy atom. The van der Waals surface area contributed by atoms with E-state index in [9.17, 15) is 0 Å². The van der Waals surface area contributed by atoms with Gasteiger partial charge < -0.3 is 5.32 Å². The van der Waals surface area contributed by atoms with Crippen molar-refractivity contribution in [1.29, 1.82) is 0 Å². The van der Waals surface area contributed by atoms with Gasteiger partial charge in [0.05, 0.1) is 6.54 Å². The molecule has 2 heterocycles. The molecule has 0 aliphatic heterocycles. The minimum absolute atomic E-state index is 0.572. The van der Waals surface area contributed by atoms with E-state index >= 15 is 0 Å². The highest BCUT2D eigenvalue weighted by Gasteiger charge is 2.02. The number of rotatable bonds is 4. The Kier molecular flexibility index (Phi) is 3.72. The number of benzene rings is 1.